The van der Waals surface area contributed by atoms with Gasteiger partial charge in [0.25, 0.3) is 0 Å². The zero-order valence-corrected chi connectivity index (χ0v) is 11.5. The maximum atomic E-state index is 12.3. The molecule has 1 amide bonds. The Balaban J connectivity index is 2.07. The van der Waals surface area contributed by atoms with E-state index in [2.05, 4.69) is 0 Å². The first-order valence-corrected chi connectivity index (χ1v) is 6.70. The van der Waals surface area contributed by atoms with Crippen LogP contribution in [0, 0.1) is 5.92 Å². The van der Waals surface area contributed by atoms with Crippen LogP contribution in [-0.2, 0) is 20.7 Å². The van der Waals surface area contributed by atoms with E-state index in [4.69, 9.17) is 4.74 Å². The number of carbonyl (C=O) groups is 2. The number of carboxylic acid groups (broad SMARTS) is 1. The SMILES string of the molecule is CN(C(=O)C1CCOC1)C(Cc1ccccc1)C(=O)O. The fraction of sp³-hybridized carbons (Fsp3) is 0.467. The van der Waals surface area contributed by atoms with Gasteiger partial charge in [0.2, 0.25) is 5.91 Å². The highest BCUT2D eigenvalue weighted by molar-refractivity contribution is 5.85. The normalized spacial score (nSPS) is 19.6. The molecule has 0 aliphatic carbocycles. The molecule has 0 spiro atoms. The second-order valence-corrected chi connectivity index (χ2v) is 5.05. The fourth-order valence-corrected chi connectivity index (χ4v) is 2.40. The number of benzene rings is 1. The van der Waals surface area contributed by atoms with Crippen molar-refractivity contribution in [2.24, 2.45) is 5.92 Å². The molecule has 0 aromatic heterocycles. The molecule has 2 unspecified atom stereocenters. The Bertz CT molecular complexity index is 468. The lowest BCUT2D eigenvalue weighted by Gasteiger charge is -2.27. The van der Waals surface area contributed by atoms with Crippen LogP contribution in [-0.4, -0.2) is 48.2 Å². The smallest absolute Gasteiger partial charge is 0.326 e. The minimum Gasteiger partial charge on any atom is -0.480 e. The van der Waals surface area contributed by atoms with Crippen molar-refractivity contribution in [1.29, 1.82) is 0 Å². The summed E-state index contributed by atoms with van der Waals surface area (Å²) in [6.07, 6.45) is 0.979. The number of amides is 1. The molecule has 1 fully saturated rings. The van der Waals surface area contributed by atoms with Crippen LogP contribution in [0.5, 0.6) is 0 Å². The van der Waals surface area contributed by atoms with Crippen LogP contribution in [0.4, 0.5) is 0 Å². The average Bonchev–Trinajstić information content (AvgIpc) is 2.98. The summed E-state index contributed by atoms with van der Waals surface area (Å²) in [7, 11) is 1.56. The number of ether oxygens (including phenoxy) is 1. The standard InChI is InChI=1S/C15H19NO4/c1-16(14(17)12-7-8-20-10-12)13(15(18)19)9-11-5-3-2-4-6-11/h2-6,12-13H,7-10H2,1H3,(H,18,19). The molecule has 2 atom stereocenters. The molecule has 2 rings (SSSR count). The van der Waals surface area contributed by atoms with Gasteiger partial charge in [0.1, 0.15) is 6.04 Å². The monoisotopic (exact) mass is 277 g/mol. The number of likely N-dealkylation sites (N-methyl/N-ethyl adjacent to an activating group) is 1. The summed E-state index contributed by atoms with van der Waals surface area (Å²) < 4.78 is 5.19. The number of carboxylic acids is 1. The number of hydrogen-bond acceptors (Lipinski definition) is 3. The molecule has 0 saturated carbocycles. The van der Waals surface area contributed by atoms with Crippen LogP contribution in [0.15, 0.2) is 30.3 Å². The number of carbonyl (C=O) groups excluding carboxylic acids is 1. The van der Waals surface area contributed by atoms with Crippen LogP contribution >= 0.6 is 0 Å². The van der Waals surface area contributed by atoms with Crippen molar-refractivity contribution in [2.45, 2.75) is 18.9 Å². The summed E-state index contributed by atoms with van der Waals surface area (Å²) in [6.45, 7) is 0.960. The largest absolute Gasteiger partial charge is 0.480 e. The first-order valence-electron chi connectivity index (χ1n) is 6.70. The van der Waals surface area contributed by atoms with Crippen molar-refractivity contribution >= 4 is 11.9 Å². The summed E-state index contributed by atoms with van der Waals surface area (Å²) in [5, 5.41) is 9.37. The van der Waals surface area contributed by atoms with E-state index in [1.807, 2.05) is 30.3 Å². The number of nitrogens with zero attached hydrogens (tertiary/aromatic N) is 1. The maximum absolute atomic E-state index is 12.3. The predicted molar refractivity (Wildman–Crippen MR) is 73.3 cm³/mol. The third kappa shape index (κ3) is 3.36. The van der Waals surface area contributed by atoms with E-state index in [-0.39, 0.29) is 11.8 Å². The number of hydrogen-bond donors (Lipinski definition) is 1. The Morgan fingerprint density at radius 3 is 2.65 bits per heavy atom. The van der Waals surface area contributed by atoms with Gasteiger partial charge in [-0.3, -0.25) is 4.79 Å². The molecular weight excluding hydrogens is 258 g/mol. The highest BCUT2D eigenvalue weighted by atomic mass is 16.5. The number of aliphatic carboxylic acids is 1. The first kappa shape index (κ1) is 14.5. The molecular formula is C15H19NO4. The van der Waals surface area contributed by atoms with Gasteiger partial charge in [-0.05, 0) is 12.0 Å². The summed E-state index contributed by atoms with van der Waals surface area (Å²) in [5.74, 6) is -1.34. The number of rotatable bonds is 5. The van der Waals surface area contributed by atoms with E-state index >= 15 is 0 Å². The van der Waals surface area contributed by atoms with Crippen molar-refractivity contribution < 1.29 is 19.4 Å². The molecule has 0 bridgehead atoms. The van der Waals surface area contributed by atoms with E-state index in [1.165, 1.54) is 4.90 Å². The van der Waals surface area contributed by atoms with Gasteiger partial charge in [-0.1, -0.05) is 30.3 Å². The molecule has 5 nitrogen and oxygen atoms in total. The third-order valence-electron chi connectivity index (χ3n) is 3.65. The van der Waals surface area contributed by atoms with E-state index in [0.29, 0.717) is 26.1 Å². The summed E-state index contributed by atoms with van der Waals surface area (Å²) in [6, 6.07) is 8.50. The Morgan fingerprint density at radius 1 is 1.40 bits per heavy atom. The highest BCUT2D eigenvalue weighted by Crippen LogP contribution is 2.18. The Morgan fingerprint density at radius 2 is 2.10 bits per heavy atom. The van der Waals surface area contributed by atoms with Gasteiger partial charge in [-0.2, -0.15) is 0 Å². The van der Waals surface area contributed by atoms with Crippen LogP contribution in [0.25, 0.3) is 0 Å². The van der Waals surface area contributed by atoms with Crippen molar-refractivity contribution in [1.82, 2.24) is 4.90 Å². The molecule has 108 valence electrons. The highest BCUT2D eigenvalue weighted by Gasteiger charge is 2.32. The first-order chi connectivity index (χ1) is 9.59. The minimum atomic E-state index is -0.983. The summed E-state index contributed by atoms with van der Waals surface area (Å²) in [4.78, 5) is 25.0. The molecule has 1 aliphatic heterocycles. The lowest BCUT2D eigenvalue weighted by Crippen LogP contribution is -2.46. The molecule has 20 heavy (non-hydrogen) atoms. The lowest BCUT2D eigenvalue weighted by molar-refractivity contribution is -0.150. The van der Waals surface area contributed by atoms with Gasteiger partial charge in [0, 0.05) is 20.1 Å². The molecule has 1 heterocycles. The van der Waals surface area contributed by atoms with Crippen LogP contribution in [0.3, 0.4) is 0 Å². The van der Waals surface area contributed by atoms with E-state index < -0.39 is 12.0 Å². The van der Waals surface area contributed by atoms with Gasteiger partial charge in [-0.25, -0.2) is 4.79 Å². The topological polar surface area (TPSA) is 66.8 Å². The van der Waals surface area contributed by atoms with Crippen molar-refractivity contribution in [3.8, 4) is 0 Å². The molecule has 1 aromatic carbocycles. The molecule has 1 aliphatic rings. The van der Waals surface area contributed by atoms with Crippen molar-refractivity contribution in [2.75, 3.05) is 20.3 Å². The van der Waals surface area contributed by atoms with Gasteiger partial charge in [0.05, 0.1) is 12.5 Å². The predicted octanol–water partition coefficient (Wildman–Crippen LogP) is 1.18. The van der Waals surface area contributed by atoms with E-state index in [9.17, 15) is 14.7 Å². The zero-order chi connectivity index (χ0) is 14.5. The van der Waals surface area contributed by atoms with E-state index in [1.54, 1.807) is 7.05 Å². The molecule has 0 radical (unpaired) electrons. The van der Waals surface area contributed by atoms with Crippen LogP contribution < -0.4 is 0 Å². The molecule has 1 saturated heterocycles. The van der Waals surface area contributed by atoms with Crippen LogP contribution in [0.2, 0.25) is 0 Å². The summed E-state index contributed by atoms with van der Waals surface area (Å²) in [5.41, 5.74) is 0.905. The average molecular weight is 277 g/mol. The van der Waals surface area contributed by atoms with Crippen molar-refractivity contribution in [3.63, 3.8) is 0 Å². The molecule has 1 aromatic rings. The second-order valence-electron chi connectivity index (χ2n) is 5.05. The molecule has 5 heteroatoms. The van der Waals surface area contributed by atoms with Gasteiger partial charge >= 0.3 is 5.97 Å². The Kier molecular flexibility index (Phi) is 4.74. The molecule has 1 N–H and O–H groups in total. The minimum absolute atomic E-state index is 0.147. The van der Waals surface area contributed by atoms with E-state index in [0.717, 1.165) is 5.56 Å². The van der Waals surface area contributed by atoms with Crippen LogP contribution in [0.1, 0.15) is 12.0 Å². The Hall–Kier alpha value is -1.88. The lowest BCUT2D eigenvalue weighted by atomic mass is 10.0. The maximum Gasteiger partial charge on any atom is 0.326 e. The summed E-state index contributed by atoms with van der Waals surface area (Å²) >= 11 is 0. The quantitative estimate of drug-likeness (QED) is 0.877. The third-order valence-corrected chi connectivity index (χ3v) is 3.65. The fourth-order valence-electron chi connectivity index (χ4n) is 2.40. The van der Waals surface area contributed by atoms with Gasteiger partial charge < -0.3 is 14.7 Å². The van der Waals surface area contributed by atoms with Crippen molar-refractivity contribution in [3.05, 3.63) is 35.9 Å². The van der Waals surface area contributed by atoms with Gasteiger partial charge in [0.15, 0.2) is 0 Å². The zero-order valence-electron chi connectivity index (χ0n) is 11.5. The second kappa shape index (κ2) is 6.52. The Labute approximate surface area is 118 Å². The van der Waals surface area contributed by atoms with Gasteiger partial charge in [-0.15, -0.1) is 0 Å².